The second-order valence-electron chi connectivity index (χ2n) is 1.76. The van der Waals surface area contributed by atoms with Gasteiger partial charge in [-0.3, -0.25) is 0 Å². The first-order valence-corrected chi connectivity index (χ1v) is 3.55. The van der Waals surface area contributed by atoms with E-state index in [1.54, 1.807) is 6.92 Å². The van der Waals surface area contributed by atoms with Crippen molar-refractivity contribution in [3.63, 3.8) is 0 Å². The van der Waals surface area contributed by atoms with Crippen molar-refractivity contribution in [2.24, 2.45) is 0 Å². The zero-order valence-electron chi connectivity index (χ0n) is 7.13. The summed E-state index contributed by atoms with van der Waals surface area (Å²) in [6, 6.07) is 1.52. The Kier molecular flexibility index (Phi) is 3.95. The van der Waals surface area contributed by atoms with Gasteiger partial charge in [-0.1, -0.05) is 13.8 Å². The standard InChI is InChI=1S/C5H8N4.C2H6/c1-3-8-4(6)2-5(7)9-3;1-2/h2H,1H3,(H4,6,7,8,9);1-2H3. The molecule has 0 bridgehead atoms. The van der Waals surface area contributed by atoms with Crippen molar-refractivity contribution < 1.29 is 0 Å². The van der Waals surface area contributed by atoms with Gasteiger partial charge in [-0.2, -0.15) is 0 Å². The molecule has 11 heavy (non-hydrogen) atoms. The van der Waals surface area contributed by atoms with E-state index in [1.807, 2.05) is 13.8 Å². The summed E-state index contributed by atoms with van der Waals surface area (Å²) < 4.78 is 0. The average molecular weight is 154 g/mol. The molecule has 0 amide bonds. The van der Waals surface area contributed by atoms with Crippen LogP contribution in [0.25, 0.3) is 0 Å². The first-order chi connectivity index (χ1) is 5.18. The van der Waals surface area contributed by atoms with Crippen LogP contribution in [0.3, 0.4) is 0 Å². The molecular formula is C7H14N4. The summed E-state index contributed by atoms with van der Waals surface area (Å²) in [5, 5.41) is 0. The van der Waals surface area contributed by atoms with Gasteiger partial charge >= 0.3 is 0 Å². The Labute approximate surface area is 66.7 Å². The van der Waals surface area contributed by atoms with Crippen molar-refractivity contribution in [1.29, 1.82) is 0 Å². The molecule has 1 rings (SSSR count). The predicted octanol–water partition coefficient (Wildman–Crippen LogP) is 0.976. The molecule has 0 saturated heterocycles. The summed E-state index contributed by atoms with van der Waals surface area (Å²) in [6.45, 7) is 5.74. The fourth-order valence-corrected chi connectivity index (χ4v) is 0.615. The van der Waals surface area contributed by atoms with Crippen LogP contribution < -0.4 is 11.5 Å². The Bertz CT molecular complexity index is 171. The lowest BCUT2D eigenvalue weighted by atomic mass is 10.5. The van der Waals surface area contributed by atoms with E-state index in [2.05, 4.69) is 9.97 Å². The number of aryl methyl sites for hydroxylation is 1. The lowest BCUT2D eigenvalue weighted by Crippen LogP contribution is -1.98. The van der Waals surface area contributed by atoms with Crippen LogP contribution in [-0.2, 0) is 0 Å². The maximum Gasteiger partial charge on any atom is 0.130 e. The van der Waals surface area contributed by atoms with E-state index in [9.17, 15) is 0 Å². The van der Waals surface area contributed by atoms with Crippen LogP contribution in [0.5, 0.6) is 0 Å². The largest absolute Gasteiger partial charge is 0.384 e. The number of hydrogen-bond donors (Lipinski definition) is 2. The molecular weight excluding hydrogens is 140 g/mol. The van der Waals surface area contributed by atoms with Crippen molar-refractivity contribution in [2.75, 3.05) is 11.5 Å². The number of hydrogen-bond acceptors (Lipinski definition) is 4. The zero-order chi connectivity index (χ0) is 8.85. The fraction of sp³-hybridized carbons (Fsp3) is 0.429. The molecule has 0 unspecified atom stereocenters. The predicted molar refractivity (Wildman–Crippen MR) is 46.9 cm³/mol. The van der Waals surface area contributed by atoms with E-state index in [4.69, 9.17) is 11.5 Å². The van der Waals surface area contributed by atoms with Gasteiger partial charge < -0.3 is 11.5 Å². The van der Waals surface area contributed by atoms with Crippen LogP contribution in [0.1, 0.15) is 19.7 Å². The van der Waals surface area contributed by atoms with Crippen molar-refractivity contribution in [2.45, 2.75) is 20.8 Å². The third-order valence-corrected chi connectivity index (χ3v) is 0.878. The summed E-state index contributed by atoms with van der Waals surface area (Å²) in [5.74, 6) is 1.44. The maximum atomic E-state index is 5.33. The molecule has 1 aromatic rings. The van der Waals surface area contributed by atoms with E-state index in [-0.39, 0.29) is 0 Å². The second kappa shape index (κ2) is 4.49. The third-order valence-electron chi connectivity index (χ3n) is 0.878. The number of aromatic nitrogens is 2. The van der Waals surface area contributed by atoms with Gasteiger partial charge in [-0.05, 0) is 6.92 Å². The molecule has 4 heteroatoms. The monoisotopic (exact) mass is 154 g/mol. The van der Waals surface area contributed by atoms with Crippen LogP contribution in [0.4, 0.5) is 11.6 Å². The van der Waals surface area contributed by atoms with Gasteiger partial charge in [0.05, 0.1) is 0 Å². The summed E-state index contributed by atoms with van der Waals surface area (Å²) in [4.78, 5) is 7.64. The first-order valence-electron chi connectivity index (χ1n) is 3.55. The fourth-order valence-electron chi connectivity index (χ4n) is 0.615. The Hall–Kier alpha value is -1.32. The molecule has 0 fully saturated rings. The minimum Gasteiger partial charge on any atom is -0.384 e. The average Bonchev–Trinajstić information content (AvgIpc) is 1.88. The molecule has 1 aromatic heterocycles. The Morgan fingerprint density at radius 3 is 1.73 bits per heavy atom. The van der Waals surface area contributed by atoms with E-state index in [0.717, 1.165) is 0 Å². The molecule has 0 aromatic carbocycles. The highest BCUT2D eigenvalue weighted by atomic mass is 15.0. The SMILES string of the molecule is CC.Cc1nc(N)cc(N)n1. The van der Waals surface area contributed by atoms with E-state index >= 15 is 0 Å². The normalized spacial score (nSPS) is 8.27. The third kappa shape index (κ3) is 3.40. The van der Waals surface area contributed by atoms with E-state index in [1.165, 1.54) is 6.07 Å². The smallest absolute Gasteiger partial charge is 0.130 e. The molecule has 0 aliphatic heterocycles. The van der Waals surface area contributed by atoms with Crippen LogP contribution in [0.2, 0.25) is 0 Å². The van der Waals surface area contributed by atoms with Crippen molar-refractivity contribution >= 4 is 11.6 Å². The lowest BCUT2D eigenvalue weighted by Gasteiger charge is -1.95. The van der Waals surface area contributed by atoms with Crippen LogP contribution >= 0.6 is 0 Å². The topological polar surface area (TPSA) is 77.8 Å². The summed E-state index contributed by atoms with van der Waals surface area (Å²) in [6.07, 6.45) is 0. The number of nitrogens with zero attached hydrogens (tertiary/aromatic N) is 2. The highest BCUT2D eigenvalue weighted by molar-refractivity contribution is 5.40. The molecule has 4 N–H and O–H groups in total. The van der Waals surface area contributed by atoms with E-state index < -0.39 is 0 Å². The first kappa shape index (κ1) is 9.68. The van der Waals surface area contributed by atoms with Crippen LogP contribution in [0, 0.1) is 6.92 Å². The number of rotatable bonds is 0. The van der Waals surface area contributed by atoms with Gasteiger partial charge in [0, 0.05) is 6.07 Å². The molecule has 0 aliphatic rings. The van der Waals surface area contributed by atoms with Gasteiger partial charge in [-0.25, -0.2) is 9.97 Å². The molecule has 0 atom stereocenters. The molecule has 0 aliphatic carbocycles. The number of anilines is 2. The number of nitrogen functional groups attached to an aromatic ring is 2. The van der Waals surface area contributed by atoms with Crippen LogP contribution in [0.15, 0.2) is 6.07 Å². The van der Waals surface area contributed by atoms with Gasteiger partial charge in [0.2, 0.25) is 0 Å². The molecule has 0 saturated carbocycles. The Morgan fingerprint density at radius 1 is 1.09 bits per heavy atom. The summed E-state index contributed by atoms with van der Waals surface area (Å²) in [7, 11) is 0. The van der Waals surface area contributed by atoms with Gasteiger partial charge in [0.1, 0.15) is 17.5 Å². The molecule has 0 radical (unpaired) electrons. The minimum absolute atomic E-state index is 0.417. The molecule has 1 heterocycles. The molecule has 0 spiro atoms. The highest BCUT2D eigenvalue weighted by Crippen LogP contribution is 2.01. The summed E-state index contributed by atoms with van der Waals surface area (Å²) >= 11 is 0. The second-order valence-corrected chi connectivity index (χ2v) is 1.76. The molecule has 62 valence electrons. The minimum atomic E-state index is 0.417. The highest BCUT2D eigenvalue weighted by Gasteiger charge is 1.91. The van der Waals surface area contributed by atoms with Gasteiger partial charge in [-0.15, -0.1) is 0 Å². The van der Waals surface area contributed by atoms with E-state index in [0.29, 0.717) is 17.5 Å². The lowest BCUT2D eigenvalue weighted by molar-refractivity contribution is 1.07. The molecule has 4 nitrogen and oxygen atoms in total. The zero-order valence-corrected chi connectivity index (χ0v) is 7.13. The maximum absolute atomic E-state index is 5.33. The quantitative estimate of drug-likeness (QED) is 0.583. The Morgan fingerprint density at radius 2 is 1.45 bits per heavy atom. The van der Waals surface area contributed by atoms with Crippen molar-refractivity contribution in [1.82, 2.24) is 9.97 Å². The number of nitrogens with two attached hydrogens (primary N) is 2. The van der Waals surface area contributed by atoms with Crippen LogP contribution in [-0.4, -0.2) is 9.97 Å². The van der Waals surface area contributed by atoms with Crippen molar-refractivity contribution in [3.8, 4) is 0 Å². The summed E-state index contributed by atoms with van der Waals surface area (Å²) in [5.41, 5.74) is 10.7. The van der Waals surface area contributed by atoms with Gasteiger partial charge in [0.15, 0.2) is 0 Å². The van der Waals surface area contributed by atoms with Crippen molar-refractivity contribution in [3.05, 3.63) is 11.9 Å². The van der Waals surface area contributed by atoms with Gasteiger partial charge in [0.25, 0.3) is 0 Å². The Balaban J connectivity index is 0.000000461.